The fraction of sp³-hybridized carbons (Fsp3) is 0.478. The number of carbonyl (C=O) groups excluding carboxylic acids is 2. The Kier molecular flexibility index (Phi) is 6.15. The molecule has 0 spiro atoms. The lowest BCUT2D eigenvalue weighted by molar-refractivity contribution is -0.139. The molecule has 1 aliphatic carbocycles. The van der Waals surface area contributed by atoms with E-state index in [9.17, 15) is 9.59 Å². The molecule has 1 heterocycles. The van der Waals surface area contributed by atoms with Crippen LogP contribution in [0.4, 0.5) is 0 Å². The van der Waals surface area contributed by atoms with Gasteiger partial charge in [-0.2, -0.15) is 0 Å². The second kappa shape index (κ2) is 8.55. The molecule has 0 fully saturated rings. The SMILES string of the molecule is CCCCOC(=O)C1=C(C)NC2=C(C(=O)CCC2)[C@H]1c1ccc(CC)cc1. The van der Waals surface area contributed by atoms with Gasteiger partial charge in [-0.15, -0.1) is 0 Å². The van der Waals surface area contributed by atoms with E-state index in [4.69, 9.17) is 4.74 Å². The lowest BCUT2D eigenvalue weighted by Crippen LogP contribution is -2.34. The topological polar surface area (TPSA) is 55.4 Å². The van der Waals surface area contributed by atoms with Crippen LogP contribution in [0.3, 0.4) is 0 Å². The van der Waals surface area contributed by atoms with Crippen molar-refractivity contribution in [3.05, 3.63) is 57.9 Å². The first-order chi connectivity index (χ1) is 13.1. The smallest absolute Gasteiger partial charge is 0.336 e. The molecule has 4 nitrogen and oxygen atoms in total. The van der Waals surface area contributed by atoms with Crippen LogP contribution in [0.25, 0.3) is 0 Å². The van der Waals surface area contributed by atoms with Crippen LogP contribution in [-0.4, -0.2) is 18.4 Å². The van der Waals surface area contributed by atoms with Gasteiger partial charge in [0.1, 0.15) is 0 Å². The van der Waals surface area contributed by atoms with Crippen LogP contribution in [0.2, 0.25) is 0 Å². The van der Waals surface area contributed by atoms with E-state index in [1.165, 1.54) is 5.56 Å². The summed E-state index contributed by atoms with van der Waals surface area (Å²) in [4.78, 5) is 25.7. The Bertz CT molecular complexity index is 786. The van der Waals surface area contributed by atoms with E-state index >= 15 is 0 Å². The minimum atomic E-state index is -0.339. The number of ketones is 1. The number of allylic oxidation sites excluding steroid dienone is 3. The standard InChI is InChI=1S/C23H29NO3/c1-4-6-14-27-23(26)20-15(3)24-18-8-7-9-19(25)22(18)21(20)17-12-10-16(5-2)11-13-17/h10-13,21,24H,4-9,14H2,1-3H3/t21-/m0/s1. The maximum absolute atomic E-state index is 12.9. The Labute approximate surface area is 161 Å². The van der Waals surface area contributed by atoms with Gasteiger partial charge in [-0.1, -0.05) is 44.5 Å². The van der Waals surface area contributed by atoms with Gasteiger partial charge in [0, 0.05) is 29.3 Å². The maximum atomic E-state index is 12.9. The summed E-state index contributed by atoms with van der Waals surface area (Å²) in [6.07, 6.45) is 5.02. The normalized spacial score (nSPS) is 19.7. The van der Waals surface area contributed by atoms with Crippen LogP contribution >= 0.6 is 0 Å². The van der Waals surface area contributed by atoms with Crippen LogP contribution in [0.5, 0.6) is 0 Å². The Hall–Kier alpha value is -2.36. The summed E-state index contributed by atoms with van der Waals surface area (Å²) in [5, 5.41) is 3.33. The van der Waals surface area contributed by atoms with Gasteiger partial charge in [0.25, 0.3) is 0 Å². The summed E-state index contributed by atoms with van der Waals surface area (Å²) in [7, 11) is 0. The number of nitrogens with one attached hydrogen (secondary N) is 1. The molecule has 0 amide bonds. The van der Waals surface area contributed by atoms with Crippen molar-refractivity contribution in [2.45, 2.75) is 65.2 Å². The van der Waals surface area contributed by atoms with Gasteiger partial charge in [0.15, 0.2) is 5.78 Å². The quantitative estimate of drug-likeness (QED) is 0.591. The van der Waals surface area contributed by atoms with Crippen molar-refractivity contribution in [1.82, 2.24) is 5.32 Å². The molecule has 3 rings (SSSR count). The van der Waals surface area contributed by atoms with Gasteiger partial charge in [-0.25, -0.2) is 4.79 Å². The molecule has 1 aromatic rings. The Morgan fingerprint density at radius 1 is 1.19 bits per heavy atom. The first kappa shape index (κ1) is 19.4. The zero-order valence-electron chi connectivity index (χ0n) is 16.6. The summed E-state index contributed by atoms with van der Waals surface area (Å²) >= 11 is 0. The third-order valence-electron chi connectivity index (χ3n) is 5.45. The molecule has 144 valence electrons. The molecule has 27 heavy (non-hydrogen) atoms. The Balaban J connectivity index is 2.03. The first-order valence-electron chi connectivity index (χ1n) is 10.1. The molecule has 1 N–H and O–H groups in total. The van der Waals surface area contributed by atoms with E-state index in [0.29, 0.717) is 18.6 Å². The van der Waals surface area contributed by atoms with Gasteiger partial charge in [-0.3, -0.25) is 4.79 Å². The highest BCUT2D eigenvalue weighted by Crippen LogP contribution is 2.42. The molecule has 0 aromatic heterocycles. The molecule has 4 heteroatoms. The number of rotatable bonds is 6. The summed E-state index contributed by atoms with van der Waals surface area (Å²) in [6.45, 7) is 6.50. The third kappa shape index (κ3) is 4.00. The third-order valence-corrected chi connectivity index (χ3v) is 5.45. The number of dihydropyridines is 1. The molecule has 1 atom stereocenters. The molecule has 1 aliphatic heterocycles. The van der Waals surface area contributed by atoms with Crippen LogP contribution < -0.4 is 5.32 Å². The van der Waals surface area contributed by atoms with Crippen LogP contribution in [0.1, 0.15) is 69.9 Å². The number of aryl methyl sites for hydroxylation is 1. The van der Waals surface area contributed by atoms with E-state index in [0.717, 1.165) is 54.6 Å². The predicted octanol–water partition coefficient (Wildman–Crippen LogP) is 4.56. The second-order valence-electron chi connectivity index (χ2n) is 7.35. The number of Topliss-reactive ketones (excluding diaryl/α,β-unsaturated/α-hetero) is 1. The average molecular weight is 367 g/mol. The van der Waals surface area contributed by atoms with Crippen molar-refractivity contribution in [2.75, 3.05) is 6.61 Å². The van der Waals surface area contributed by atoms with Crippen LogP contribution in [-0.2, 0) is 20.7 Å². The molecule has 2 aliphatic rings. The highest BCUT2D eigenvalue weighted by molar-refractivity contribution is 6.03. The first-order valence-corrected chi connectivity index (χ1v) is 10.1. The highest BCUT2D eigenvalue weighted by atomic mass is 16.5. The number of ether oxygens (including phenoxy) is 1. The van der Waals surface area contributed by atoms with Gasteiger partial charge in [-0.05, 0) is 43.7 Å². The molecule has 0 radical (unpaired) electrons. The van der Waals surface area contributed by atoms with Crippen molar-refractivity contribution >= 4 is 11.8 Å². The number of hydrogen-bond donors (Lipinski definition) is 1. The van der Waals surface area contributed by atoms with Crippen molar-refractivity contribution in [3.8, 4) is 0 Å². The fourth-order valence-electron chi connectivity index (χ4n) is 3.92. The van der Waals surface area contributed by atoms with Gasteiger partial charge in [0.2, 0.25) is 0 Å². The fourth-order valence-corrected chi connectivity index (χ4v) is 3.92. The second-order valence-corrected chi connectivity index (χ2v) is 7.35. The summed E-state index contributed by atoms with van der Waals surface area (Å²) in [5.41, 5.74) is 5.32. The average Bonchev–Trinajstić information content (AvgIpc) is 2.67. The Morgan fingerprint density at radius 3 is 2.59 bits per heavy atom. The van der Waals surface area contributed by atoms with Crippen molar-refractivity contribution in [3.63, 3.8) is 0 Å². The lowest BCUT2D eigenvalue weighted by atomic mass is 9.75. The monoisotopic (exact) mass is 367 g/mol. The number of unbranched alkanes of at least 4 members (excludes halogenated alkanes) is 1. The molecule has 1 aromatic carbocycles. The lowest BCUT2D eigenvalue weighted by Gasteiger charge is -2.34. The van der Waals surface area contributed by atoms with Crippen molar-refractivity contribution < 1.29 is 14.3 Å². The van der Waals surface area contributed by atoms with Crippen LogP contribution in [0.15, 0.2) is 46.8 Å². The van der Waals surface area contributed by atoms with E-state index in [-0.39, 0.29) is 17.7 Å². The van der Waals surface area contributed by atoms with Gasteiger partial charge >= 0.3 is 5.97 Å². The zero-order valence-corrected chi connectivity index (χ0v) is 16.6. The molecule has 0 bridgehead atoms. The maximum Gasteiger partial charge on any atom is 0.336 e. The summed E-state index contributed by atoms with van der Waals surface area (Å²) in [6, 6.07) is 8.27. The van der Waals surface area contributed by atoms with E-state index < -0.39 is 0 Å². The largest absolute Gasteiger partial charge is 0.462 e. The number of carbonyl (C=O) groups is 2. The van der Waals surface area contributed by atoms with E-state index in [1.54, 1.807) is 0 Å². The highest BCUT2D eigenvalue weighted by Gasteiger charge is 2.38. The van der Waals surface area contributed by atoms with E-state index in [1.807, 2.05) is 19.1 Å². The van der Waals surface area contributed by atoms with Gasteiger partial charge < -0.3 is 10.1 Å². The molecule has 0 saturated carbocycles. The summed E-state index contributed by atoms with van der Waals surface area (Å²) < 4.78 is 5.53. The van der Waals surface area contributed by atoms with Crippen molar-refractivity contribution in [2.24, 2.45) is 0 Å². The Morgan fingerprint density at radius 2 is 1.93 bits per heavy atom. The predicted molar refractivity (Wildman–Crippen MR) is 106 cm³/mol. The number of benzene rings is 1. The molecular formula is C23H29NO3. The van der Waals surface area contributed by atoms with E-state index in [2.05, 4.69) is 31.3 Å². The molecular weight excluding hydrogens is 338 g/mol. The zero-order chi connectivity index (χ0) is 19.4. The van der Waals surface area contributed by atoms with Gasteiger partial charge in [0.05, 0.1) is 12.2 Å². The van der Waals surface area contributed by atoms with Crippen molar-refractivity contribution in [1.29, 1.82) is 0 Å². The number of esters is 1. The summed E-state index contributed by atoms with van der Waals surface area (Å²) in [5.74, 6) is -0.517. The number of hydrogen-bond acceptors (Lipinski definition) is 4. The minimum absolute atomic E-state index is 0.139. The minimum Gasteiger partial charge on any atom is -0.462 e. The van der Waals surface area contributed by atoms with Crippen LogP contribution in [0, 0.1) is 0 Å². The molecule has 0 unspecified atom stereocenters. The molecule has 0 saturated heterocycles.